The number of aliphatic hydroxyl groups excluding tert-OH is 1. The van der Waals surface area contributed by atoms with Gasteiger partial charge >= 0.3 is 0 Å². The highest BCUT2D eigenvalue weighted by molar-refractivity contribution is 5.92. The number of halogens is 2. The molecule has 0 fully saturated rings. The quantitative estimate of drug-likeness (QED) is 0.779. The van der Waals surface area contributed by atoms with Crippen LogP contribution in [0.2, 0.25) is 0 Å². The van der Waals surface area contributed by atoms with E-state index >= 15 is 0 Å². The monoisotopic (exact) mass is 323 g/mol. The Morgan fingerprint density at radius 2 is 1.96 bits per heavy atom. The van der Waals surface area contributed by atoms with Crippen molar-refractivity contribution in [2.45, 2.75) is 18.9 Å². The Labute approximate surface area is 130 Å². The van der Waals surface area contributed by atoms with Gasteiger partial charge in [0, 0.05) is 0 Å². The fourth-order valence-corrected chi connectivity index (χ4v) is 1.96. The predicted octanol–water partition coefficient (Wildman–Crippen LogP) is 1.76. The number of alkyl halides is 2. The maximum Gasteiger partial charge on any atom is 0.280 e. The molecule has 23 heavy (non-hydrogen) atoms. The lowest BCUT2D eigenvalue weighted by molar-refractivity contribution is 0.0843. The molecule has 0 aliphatic heterocycles. The number of aromatic nitrogens is 2. The van der Waals surface area contributed by atoms with Crippen LogP contribution in [0, 0.1) is 0 Å². The van der Waals surface area contributed by atoms with Crippen molar-refractivity contribution in [3.8, 4) is 5.75 Å². The SMILES string of the molecule is CC(CO)(NC(=O)c1cc(C(F)F)ncn1)c1ccc(O)cc1. The summed E-state index contributed by atoms with van der Waals surface area (Å²) in [5.74, 6) is -0.684. The minimum Gasteiger partial charge on any atom is -0.508 e. The van der Waals surface area contributed by atoms with Crippen LogP contribution >= 0.6 is 0 Å². The van der Waals surface area contributed by atoms with Gasteiger partial charge in [-0.2, -0.15) is 0 Å². The summed E-state index contributed by atoms with van der Waals surface area (Å²) < 4.78 is 25.3. The highest BCUT2D eigenvalue weighted by Crippen LogP contribution is 2.23. The molecule has 122 valence electrons. The van der Waals surface area contributed by atoms with Crippen LogP contribution in [-0.4, -0.2) is 32.7 Å². The van der Waals surface area contributed by atoms with Crippen molar-refractivity contribution in [1.29, 1.82) is 0 Å². The van der Waals surface area contributed by atoms with Crippen molar-refractivity contribution in [2.24, 2.45) is 0 Å². The molecular formula is C15H15F2N3O3. The molecule has 0 saturated carbocycles. The molecule has 3 N–H and O–H groups in total. The van der Waals surface area contributed by atoms with Crippen molar-refractivity contribution < 1.29 is 23.8 Å². The van der Waals surface area contributed by atoms with E-state index < -0.39 is 30.2 Å². The van der Waals surface area contributed by atoms with Gasteiger partial charge < -0.3 is 15.5 Å². The number of carbonyl (C=O) groups is 1. The third kappa shape index (κ3) is 3.78. The van der Waals surface area contributed by atoms with Crippen LogP contribution in [0.4, 0.5) is 8.78 Å². The van der Waals surface area contributed by atoms with Crippen LogP contribution in [0.1, 0.15) is 35.1 Å². The molecule has 8 heteroatoms. The number of phenolic OH excluding ortho intramolecular Hbond substituents is 1. The topological polar surface area (TPSA) is 95.3 Å². The summed E-state index contributed by atoms with van der Waals surface area (Å²) in [6.07, 6.45) is -1.93. The summed E-state index contributed by atoms with van der Waals surface area (Å²) in [7, 11) is 0. The number of hydrogen-bond donors (Lipinski definition) is 3. The standard InChI is InChI=1S/C15H15F2N3O3/c1-15(7-21,9-2-4-10(22)5-3-9)20-14(23)12-6-11(13(16)17)18-8-19-12/h2-6,8,13,21-22H,7H2,1H3,(H,20,23). The van der Waals surface area contributed by atoms with Crippen LogP contribution in [0.15, 0.2) is 36.7 Å². The van der Waals surface area contributed by atoms with E-state index in [9.17, 15) is 23.8 Å². The van der Waals surface area contributed by atoms with Gasteiger partial charge in [0.15, 0.2) is 0 Å². The molecule has 2 aromatic rings. The number of phenols is 1. The van der Waals surface area contributed by atoms with E-state index in [-0.39, 0.29) is 11.4 Å². The Bertz CT molecular complexity index is 695. The second-order valence-electron chi connectivity index (χ2n) is 5.12. The van der Waals surface area contributed by atoms with E-state index in [1.54, 1.807) is 6.92 Å². The van der Waals surface area contributed by atoms with E-state index in [2.05, 4.69) is 15.3 Å². The molecule has 1 aromatic carbocycles. The molecule has 0 saturated heterocycles. The summed E-state index contributed by atoms with van der Waals surface area (Å²) >= 11 is 0. The number of aliphatic hydroxyl groups is 1. The van der Waals surface area contributed by atoms with Crippen LogP contribution < -0.4 is 5.32 Å². The molecule has 1 atom stereocenters. The third-order valence-electron chi connectivity index (χ3n) is 3.35. The molecule has 1 aromatic heterocycles. The lowest BCUT2D eigenvalue weighted by Crippen LogP contribution is -2.46. The summed E-state index contributed by atoms with van der Waals surface area (Å²) in [4.78, 5) is 19.3. The van der Waals surface area contributed by atoms with Gasteiger partial charge in [0.1, 0.15) is 23.5 Å². The lowest BCUT2D eigenvalue weighted by Gasteiger charge is -2.29. The molecule has 0 aliphatic rings. The molecule has 1 amide bonds. The van der Waals surface area contributed by atoms with Crippen LogP contribution in [0.5, 0.6) is 5.75 Å². The number of nitrogens with zero attached hydrogens (tertiary/aromatic N) is 2. The largest absolute Gasteiger partial charge is 0.508 e. The predicted molar refractivity (Wildman–Crippen MR) is 77.0 cm³/mol. The number of benzene rings is 1. The first-order valence-corrected chi connectivity index (χ1v) is 6.68. The summed E-state index contributed by atoms with van der Waals surface area (Å²) in [6.45, 7) is 1.13. The summed E-state index contributed by atoms with van der Waals surface area (Å²) in [6, 6.07) is 6.80. The minimum atomic E-state index is -2.81. The van der Waals surface area contributed by atoms with Gasteiger partial charge in [-0.1, -0.05) is 12.1 Å². The molecule has 0 bridgehead atoms. The molecule has 0 spiro atoms. The number of aromatic hydroxyl groups is 1. The Balaban J connectivity index is 2.25. The highest BCUT2D eigenvalue weighted by atomic mass is 19.3. The average Bonchev–Trinajstić information content (AvgIpc) is 2.55. The fourth-order valence-electron chi connectivity index (χ4n) is 1.96. The van der Waals surface area contributed by atoms with E-state index in [4.69, 9.17) is 0 Å². The van der Waals surface area contributed by atoms with Crippen LogP contribution in [-0.2, 0) is 5.54 Å². The van der Waals surface area contributed by atoms with Crippen molar-refractivity contribution in [2.75, 3.05) is 6.61 Å². The van der Waals surface area contributed by atoms with Gasteiger partial charge in [0.2, 0.25) is 0 Å². The molecule has 0 radical (unpaired) electrons. The molecule has 1 heterocycles. The fraction of sp³-hybridized carbons (Fsp3) is 0.267. The second-order valence-corrected chi connectivity index (χ2v) is 5.12. The van der Waals surface area contributed by atoms with E-state index in [1.165, 1.54) is 24.3 Å². The van der Waals surface area contributed by atoms with E-state index in [0.717, 1.165) is 12.4 Å². The van der Waals surface area contributed by atoms with Crippen LogP contribution in [0.3, 0.4) is 0 Å². The van der Waals surface area contributed by atoms with Gasteiger partial charge in [-0.05, 0) is 30.7 Å². The average molecular weight is 323 g/mol. The van der Waals surface area contributed by atoms with Crippen molar-refractivity contribution >= 4 is 5.91 Å². The Hall–Kier alpha value is -2.61. The molecule has 6 nitrogen and oxygen atoms in total. The van der Waals surface area contributed by atoms with E-state index in [0.29, 0.717) is 5.56 Å². The van der Waals surface area contributed by atoms with Gasteiger partial charge in [0.25, 0.3) is 12.3 Å². The maximum absolute atomic E-state index is 12.6. The van der Waals surface area contributed by atoms with Gasteiger partial charge in [0.05, 0.1) is 12.1 Å². The van der Waals surface area contributed by atoms with Gasteiger partial charge in [-0.25, -0.2) is 18.7 Å². The second kappa shape index (κ2) is 6.66. The molecule has 2 rings (SSSR count). The first-order chi connectivity index (χ1) is 10.9. The maximum atomic E-state index is 12.6. The zero-order chi connectivity index (χ0) is 17.0. The normalized spacial score (nSPS) is 13.6. The first kappa shape index (κ1) is 16.8. The molecule has 1 unspecified atom stereocenters. The van der Waals surface area contributed by atoms with Crippen molar-refractivity contribution in [1.82, 2.24) is 15.3 Å². The molecular weight excluding hydrogens is 308 g/mol. The van der Waals surface area contributed by atoms with Crippen molar-refractivity contribution in [3.63, 3.8) is 0 Å². The Morgan fingerprint density at radius 3 is 2.52 bits per heavy atom. The van der Waals surface area contributed by atoms with E-state index in [1.807, 2.05) is 0 Å². The smallest absolute Gasteiger partial charge is 0.280 e. The molecule has 0 aliphatic carbocycles. The van der Waals surface area contributed by atoms with Crippen molar-refractivity contribution in [3.05, 3.63) is 53.6 Å². The summed E-state index contributed by atoms with van der Waals surface area (Å²) in [5.41, 5.74) is -1.41. The minimum absolute atomic E-state index is 0.0396. The third-order valence-corrected chi connectivity index (χ3v) is 3.35. The number of nitrogens with one attached hydrogen (secondary N) is 1. The highest BCUT2D eigenvalue weighted by Gasteiger charge is 2.29. The zero-order valence-corrected chi connectivity index (χ0v) is 12.2. The van der Waals surface area contributed by atoms with Crippen LogP contribution in [0.25, 0.3) is 0 Å². The lowest BCUT2D eigenvalue weighted by atomic mass is 9.92. The number of carbonyl (C=O) groups excluding carboxylic acids is 1. The first-order valence-electron chi connectivity index (χ1n) is 6.68. The summed E-state index contributed by atoms with van der Waals surface area (Å²) in [5, 5.41) is 21.5. The number of rotatable bonds is 5. The Morgan fingerprint density at radius 1 is 1.30 bits per heavy atom. The Kier molecular flexibility index (Phi) is 4.85. The number of hydrogen-bond acceptors (Lipinski definition) is 5. The van der Waals surface area contributed by atoms with Gasteiger partial charge in [-0.3, -0.25) is 4.79 Å². The zero-order valence-electron chi connectivity index (χ0n) is 12.2. The van der Waals surface area contributed by atoms with Gasteiger partial charge in [-0.15, -0.1) is 0 Å². The number of amides is 1.